The number of aromatic nitrogens is 2. The molecule has 0 bridgehead atoms. The first-order valence-corrected chi connectivity index (χ1v) is 5.55. The molecule has 1 N–H and O–H groups in total. The van der Waals surface area contributed by atoms with Gasteiger partial charge in [0.2, 0.25) is 5.28 Å². The lowest BCUT2D eigenvalue weighted by Crippen LogP contribution is -2.19. The molecule has 80 valence electrons. The SMILES string of the molecule is Fc1cnc(Cl)nc1NC1CC2CC2C1. The van der Waals surface area contributed by atoms with E-state index in [-0.39, 0.29) is 11.1 Å². The van der Waals surface area contributed by atoms with Crippen molar-refractivity contribution in [3.8, 4) is 0 Å². The van der Waals surface area contributed by atoms with Crippen molar-refractivity contribution in [3.05, 3.63) is 17.3 Å². The molecule has 2 saturated carbocycles. The van der Waals surface area contributed by atoms with E-state index >= 15 is 0 Å². The van der Waals surface area contributed by atoms with Gasteiger partial charge in [-0.15, -0.1) is 0 Å². The number of hydrogen-bond donors (Lipinski definition) is 1. The van der Waals surface area contributed by atoms with Gasteiger partial charge in [-0.1, -0.05) is 0 Å². The highest BCUT2D eigenvalue weighted by Crippen LogP contribution is 2.52. The van der Waals surface area contributed by atoms with E-state index < -0.39 is 5.82 Å². The maximum Gasteiger partial charge on any atom is 0.224 e. The number of hydrogen-bond acceptors (Lipinski definition) is 3. The summed E-state index contributed by atoms with van der Waals surface area (Å²) < 4.78 is 13.3. The van der Waals surface area contributed by atoms with Gasteiger partial charge < -0.3 is 5.32 Å². The van der Waals surface area contributed by atoms with Crippen LogP contribution in [-0.4, -0.2) is 16.0 Å². The summed E-state index contributed by atoms with van der Waals surface area (Å²) in [4.78, 5) is 7.42. The molecule has 2 unspecified atom stereocenters. The van der Waals surface area contributed by atoms with Gasteiger partial charge in [-0.3, -0.25) is 0 Å². The van der Waals surface area contributed by atoms with E-state index in [2.05, 4.69) is 15.3 Å². The number of rotatable bonds is 2. The van der Waals surface area contributed by atoms with Gasteiger partial charge >= 0.3 is 0 Å². The maximum absolute atomic E-state index is 13.3. The Morgan fingerprint density at radius 1 is 1.33 bits per heavy atom. The second-order valence-electron chi connectivity index (χ2n) is 4.40. The Morgan fingerprint density at radius 3 is 2.80 bits per heavy atom. The first kappa shape index (κ1) is 9.33. The molecular formula is C10H11ClFN3. The van der Waals surface area contributed by atoms with Crippen LogP contribution in [0.15, 0.2) is 6.20 Å². The Hall–Kier alpha value is -0.900. The van der Waals surface area contributed by atoms with Crippen molar-refractivity contribution < 1.29 is 4.39 Å². The molecule has 15 heavy (non-hydrogen) atoms. The van der Waals surface area contributed by atoms with Crippen molar-refractivity contribution in [2.24, 2.45) is 11.8 Å². The summed E-state index contributed by atoms with van der Waals surface area (Å²) in [6.45, 7) is 0. The minimum absolute atomic E-state index is 0.0852. The predicted octanol–water partition coefficient (Wildman–Crippen LogP) is 2.48. The number of halogens is 2. The summed E-state index contributed by atoms with van der Waals surface area (Å²) in [5.74, 6) is 1.53. The topological polar surface area (TPSA) is 37.8 Å². The average Bonchev–Trinajstić information content (AvgIpc) is 2.81. The molecule has 1 aromatic rings. The van der Waals surface area contributed by atoms with Crippen LogP contribution in [0.4, 0.5) is 10.2 Å². The van der Waals surface area contributed by atoms with Gasteiger partial charge in [0.1, 0.15) is 0 Å². The molecule has 2 fully saturated rings. The normalized spacial score (nSPS) is 32.5. The molecule has 2 atom stereocenters. The molecule has 3 rings (SSSR count). The largest absolute Gasteiger partial charge is 0.365 e. The quantitative estimate of drug-likeness (QED) is 0.789. The van der Waals surface area contributed by atoms with Gasteiger partial charge in [-0.2, -0.15) is 4.98 Å². The summed E-state index contributed by atoms with van der Waals surface area (Å²) >= 11 is 5.61. The smallest absolute Gasteiger partial charge is 0.224 e. The third-order valence-corrected chi connectivity index (χ3v) is 3.48. The van der Waals surface area contributed by atoms with E-state index in [1.165, 1.54) is 6.42 Å². The number of fused-ring (bicyclic) bond motifs is 1. The summed E-state index contributed by atoms with van der Waals surface area (Å²) in [5, 5.41) is 3.19. The molecule has 0 saturated heterocycles. The standard InChI is InChI=1S/C10H11ClFN3/c11-10-13-4-8(12)9(15-10)14-7-2-5-1-6(5)3-7/h4-7H,1-3H2,(H,13,14,15). The van der Waals surface area contributed by atoms with E-state index in [0.717, 1.165) is 30.9 Å². The molecule has 0 spiro atoms. The van der Waals surface area contributed by atoms with Gasteiger partial charge in [-0.05, 0) is 42.7 Å². The van der Waals surface area contributed by atoms with Gasteiger partial charge in [0, 0.05) is 6.04 Å². The zero-order chi connectivity index (χ0) is 10.4. The molecule has 5 heteroatoms. The second kappa shape index (κ2) is 3.30. The van der Waals surface area contributed by atoms with Gasteiger partial charge in [-0.25, -0.2) is 9.37 Å². The fraction of sp³-hybridized carbons (Fsp3) is 0.600. The van der Waals surface area contributed by atoms with E-state index in [9.17, 15) is 4.39 Å². The van der Waals surface area contributed by atoms with Crippen LogP contribution in [0.25, 0.3) is 0 Å². The zero-order valence-corrected chi connectivity index (χ0v) is 8.84. The molecule has 1 heterocycles. The van der Waals surface area contributed by atoms with Gasteiger partial charge in [0.05, 0.1) is 6.20 Å². The van der Waals surface area contributed by atoms with Crippen molar-refractivity contribution >= 4 is 17.4 Å². The predicted molar refractivity (Wildman–Crippen MR) is 55.2 cm³/mol. The Kier molecular flexibility index (Phi) is 2.06. The van der Waals surface area contributed by atoms with Crippen molar-refractivity contribution in [1.29, 1.82) is 0 Å². The van der Waals surface area contributed by atoms with E-state index in [0.29, 0.717) is 6.04 Å². The second-order valence-corrected chi connectivity index (χ2v) is 4.74. The Labute approximate surface area is 92.1 Å². The third kappa shape index (κ3) is 1.78. The van der Waals surface area contributed by atoms with Crippen LogP contribution in [0.2, 0.25) is 5.28 Å². The van der Waals surface area contributed by atoms with Crippen molar-refractivity contribution in [2.75, 3.05) is 5.32 Å². The van der Waals surface area contributed by atoms with Crippen LogP contribution in [0.5, 0.6) is 0 Å². The summed E-state index contributed by atoms with van der Waals surface area (Å²) in [5.41, 5.74) is 0. The number of anilines is 1. The molecule has 0 aliphatic heterocycles. The highest BCUT2D eigenvalue weighted by molar-refractivity contribution is 6.28. The molecule has 0 radical (unpaired) electrons. The highest BCUT2D eigenvalue weighted by Gasteiger charge is 2.45. The first-order chi connectivity index (χ1) is 7.22. The monoisotopic (exact) mass is 227 g/mol. The number of nitrogens with one attached hydrogen (secondary N) is 1. The minimum Gasteiger partial charge on any atom is -0.365 e. The van der Waals surface area contributed by atoms with Gasteiger partial charge in [0.15, 0.2) is 11.6 Å². The van der Waals surface area contributed by atoms with Crippen LogP contribution in [-0.2, 0) is 0 Å². The van der Waals surface area contributed by atoms with Crippen molar-refractivity contribution in [2.45, 2.75) is 25.3 Å². The fourth-order valence-electron chi connectivity index (χ4n) is 2.47. The molecule has 2 aliphatic rings. The fourth-order valence-corrected chi connectivity index (χ4v) is 2.61. The molecule has 0 aromatic carbocycles. The first-order valence-electron chi connectivity index (χ1n) is 5.17. The lowest BCUT2D eigenvalue weighted by molar-refractivity contribution is 0.598. The average molecular weight is 228 g/mol. The highest BCUT2D eigenvalue weighted by atomic mass is 35.5. The molecule has 1 aromatic heterocycles. The number of nitrogens with zero attached hydrogens (tertiary/aromatic N) is 2. The molecule has 2 aliphatic carbocycles. The lowest BCUT2D eigenvalue weighted by atomic mass is 10.1. The Morgan fingerprint density at radius 2 is 2.07 bits per heavy atom. The summed E-state index contributed by atoms with van der Waals surface area (Å²) in [7, 11) is 0. The third-order valence-electron chi connectivity index (χ3n) is 3.30. The summed E-state index contributed by atoms with van der Waals surface area (Å²) in [6, 6.07) is 0.356. The van der Waals surface area contributed by atoms with E-state index in [1.807, 2.05) is 0 Å². The van der Waals surface area contributed by atoms with Crippen molar-refractivity contribution in [3.63, 3.8) is 0 Å². The van der Waals surface area contributed by atoms with Crippen molar-refractivity contribution in [1.82, 2.24) is 9.97 Å². The van der Waals surface area contributed by atoms with Crippen LogP contribution >= 0.6 is 11.6 Å². The van der Waals surface area contributed by atoms with Crippen LogP contribution in [0, 0.1) is 17.7 Å². The maximum atomic E-state index is 13.3. The summed E-state index contributed by atoms with van der Waals surface area (Å²) in [6.07, 6.45) is 4.72. The Balaban J connectivity index is 1.73. The molecule has 0 amide bonds. The zero-order valence-electron chi connectivity index (χ0n) is 8.08. The minimum atomic E-state index is -0.431. The van der Waals surface area contributed by atoms with E-state index in [1.54, 1.807) is 0 Å². The van der Waals surface area contributed by atoms with E-state index in [4.69, 9.17) is 11.6 Å². The van der Waals surface area contributed by atoms with Crippen LogP contribution < -0.4 is 5.32 Å². The van der Waals surface area contributed by atoms with Crippen LogP contribution in [0.3, 0.4) is 0 Å². The Bertz CT molecular complexity index is 388. The lowest BCUT2D eigenvalue weighted by Gasteiger charge is -2.14. The van der Waals surface area contributed by atoms with Crippen LogP contribution in [0.1, 0.15) is 19.3 Å². The molecule has 3 nitrogen and oxygen atoms in total. The molecular weight excluding hydrogens is 217 g/mol. The van der Waals surface area contributed by atoms with Gasteiger partial charge in [0.25, 0.3) is 0 Å².